The van der Waals surface area contributed by atoms with Crippen LogP contribution in [0.5, 0.6) is 11.5 Å². The number of phenolic OH excluding ortho intramolecular Hbond substituents is 1. The molecule has 1 aromatic heterocycles. The fourth-order valence-electron chi connectivity index (χ4n) is 3.65. The molecule has 0 bridgehead atoms. The number of hydrogen-bond acceptors (Lipinski definition) is 5. The third-order valence-electron chi connectivity index (χ3n) is 5.18. The van der Waals surface area contributed by atoms with Crippen LogP contribution in [-0.2, 0) is 19.5 Å². The molecule has 0 radical (unpaired) electrons. The van der Waals surface area contributed by atoms with E-state index >= 15 is 0 Å². The van der Waals surface area contributed by atoms with Crippen LogP contribution in [0.1, 0.15) is 27.1 Å². The molecule has 2 N–H and O–H groups in total. The van der Waals surface area contributed by atoms with Gasteiger partial charge in [0.05, 0.1) is 24.1 Å². The van der Waals surface area contributed by atoms with Crippen molar-refractivity contribution in [2.24, 2.45) is 4.99 Å². The Bertz CT molecular complexity index is 1080. The lowest BCUT2D eigenvalue weighted by Gasteiger charge is -2.23. The minimum absolute atomic E-state index is 0.103. The molecular weight excluding hydrogens is 382 g/mol. The second kappa shape index (κ2) is 8.48. The molecule has 1 aliphatic heterocycles. The number of methoxy groups -OCH3 is 1. The molecule has 2 aromatic carbocycles. The third-order valence-corrected chi connectivity index (χ3v) is 6.32. The van der Waals surface area contributed by atoms with Gasteiger partial charge in [-0.3, -0.25) is 0 Å². The highest BCUT2D eigenvalue weighted by Crippen LogP contribution is 2.36. The first kappa shape index (κ1) is 19.2. The molecule has 0 spiro atoms. The van der Waals surface area contributed by atoms with Gasteiger partial charge in [-0.25, -0.2) is 4.99 Å². The summed E-state index contributed by atoms with van der Waals surface area (Å²) in [7, 11) is 1.56. The van der Waals surface area contributed by atoms with Gasteiger partial charge < -0.3 is 14.7 Å². The van der Waals surface area contributed by atoms with Gasteiger partial charge in [0, 0.05) is 29.8 Å². The molecule has 0 saturated heterocycles. The molecule has 1 aliphatic rings. The maximum absolute atomic E-state index is 10.1. The van der Waals surface area contributed by atoms with E-state index in [1.54, 1.807) is 42.9 Å². The van der Waals surface area contributed by atoms with E-state index in [-0.39, 0.29) is 5.75 Å². The minimum Gasteiger partial charge on any atom is -0.507 e. The van der Waals surface area contributed by atoms with Crippen molar-refractivity contribution in [1.29, 1.82) is 5.26 Å². The molecule has 1 unspecified atom stereocenters. The first-order valence-electron chi connectivity index (χ1n) is 9.51. The normalized spacial score (nSPS) is 15.8. The number of ether oxygens (including phenoxy) is 1. The molecule has 0 aliphatic carbocycles. The number of aliphatic imine (C=N–C) groups is 1. The zero-order valence-corrected chi connectivity index (χ0v) is 17.0. The number of benzene rings is 2. The maximum Gasteiger partial charge on any atom is 0.134 e. The molecule has 146 valence electrons. The molecule has 29 heavy (non-hydrogen) atoms. The monoisotopic (exact) mass is 404 g/mol. The van der Waals surface area contributed by atoms with Gasteiger partial charge in [0.1, 0.15) is 35.7 Å². The predicted octanol–water partition coefficient (Wildman–Crippen LogP) is 3.23. The number of nitriles is 1. The molecule has 5 nitrogen and oxygen atoms in total. The van der Waals surface area contributed by atoms with Crippen molar-refractivity contribution in [1.82, 2.24) is 0 Å². The molecule has 3 aromatic rings. The van der Waals surface area contributed by atoms with Gasteiger partial charge in [0.15, 0.2) is 0 Å². The zero-order valence-electron chi connectivity index (χ0n) is 16.2. The Morgan fingerprint density at radius 1 is 1.28 bits per heavy atom. The lowest BCUT2D eigenvalue weighted by molar-refractivity contribution is -0.929. The number of hydrogen-bond donors (Lipinski definition) is 2. The van der Waals surface area contributed by atoms with Gasteiger partial charge in [0.25, 0.3) is 0 Å². The Kier molecular flexibility index (Phi) is 5.61. The number of phenols is 1. The summed E-state index contributed by atoms with van der Waals surface area (Å²) in [6.07, 6.45) is 2.50. The van der Waals surface area contributed by atoms with E-state index in [9.17, 15) is 10.4 Å². The number of quaternary nitrogens is 1. The van der Waals surface area contributed by atoms with Crippen molar-refractivity contribution < 1.29 is 14.7 Å². The van der Waals surface area contributed by atoms with Crippen LogP contribution in [0.25, 0.3) is 0 Å². The summed E-state index contributed by atoms with van der Waals surface area (Å²) in [5.41, 5.74) is 3.74. The van der Waals surface area contributed by atoms with Crippen LogP contribution >= 0.6 is 11.3 Å². The van der Waals surface area contributed by atoms with E-state index in [0.717, 1.165) is 31.6 Å². The third kappa shape index (κ3) is 4.16. The Morgan fingerprint density at radius 3 is 2.83 bits per heavy atom. The number of fused-ring (bicyclic) bond motifs is 1. The van der Waals surface area contributed by atoms with Gasteiger partial charge >= 0.3 is 0 Å². The highest BCUT2D eigenvalue weighted by Gasteiger charge is 2.26. The smallest absolute Gasteiger partial charge is 0.134 e. The molecule has 0 saturated carbocycles. The van der Waals surface area contributed by atoms with Crippen LogP contribution in [0.4, 0.5) is 5.00 Å². The van der Waals surface area contributed by atoms with Gasteiger partial charge in [-0.1, -0.05) is 30.3 Å². The molecule has 6 heteroatoms. The van der Waals surface area contributed by atoms with Gasteiger partial charge in [-0.2, -0.15) is 5.26 Å². The van der Waals surface area contributed by atoms with Crippen LogP contribution in [0.3, 0.4) is 0 Å². The van der Waals surface area contributed by atoms with E-state index in [4.69, 9.17) is 4.74 Å². The molecule has 0 fully saturated rings. The maximum atomic E-state index is 10.1. The van der Waals surface area contributed by atoms with Gasteiger partial charge in [0.2, 0.25) is 0 Å². The first-order valence-corrected chi connectivity index (χ1v) is 10.3. The van der Waals surface area contributed by atoms with Crippen molar-refractivity contribution >= 4 is 22.6 Å². The summed E-state index contributed by atoms with van der Waals surface area (Å²) in [4.78, 5) is 7.28. The van der Waals surface area contributed by atoms with Crippen molar-refractivity contribution in [3.63, 3.8) is 0 Å². The van der Waals surface area contributed by atoms with Crippen LogP contribution in [0, 0.1) is 11.3 Å². The number of nitrogens with one attached hydrogen (secondary N) is 1. The highest BCUT2D eigenvalue weighted by atomic mass is 32.1. The summed E-state index contributed by atoms with van der Waals surface area (Å²) in [5, 5.41) is 20.5. The number of aromatic hydroxyl groups is 1. The van der Waals surface area contributed by atoms with E-state index in [2.05, 4.69) is 35.3 Å². The summed E-state index contributed by atoms with van der Waals surface area (Å²) in [5.74, 6) is 0.692. The average Bonchev–Trinajstić information content (AvgIpc) is 3.10. The summed E-state index contributed by atoms with van der Waals surface area (Å²) < 4.78 is 5.11. The summed E-state index contributed by atoms with van der Waals surface area (Å²) >= 11 is 1.59. The fraction of sp³-hybridized carbons (Fsp3) is 0.217. The summed E-state index contributed by atoms with van der Waals surface area (Å²) in [6, 6.07) is 17.9. The van der Waals surface area contributed by atoms with Gasteiger partial charge in [-0.15, -0.1) is 11.3 Å². The van der Waals surface area contributed by atoms with Crippen molar-refractivity contribution in [3.8, 4) is 17.6 Å². The number of thiophene rings is 1. The Morgan fingerprint density at radius 2 is 2.10 bits per heavy atom. The van der Waals surface area contributed by atoms with Crippen LogP contribution in [0.2, 0.25) is 0 Å². The van der Waals surface area contributed by atoms with Crippen molar-refractivity contribution in [2.75, 3.05) is 13.7 Å². The predicted molar refractivity (Wildman–Crippen MR) is 114 cm³/mol. The largest absolute Gasteiger partial charge is 0.507 e. The Hall–Kier alpha value is -3.14. The van der Waals surface area contributed by atoms with E-state index < -0.39 is 0 Å². The molecular formula is C23H22N3O2S+. The Labute approximate surface area is 174 Å². The fourth-order valence-corrected chi connectivity index (χ4v) is 4.86. The van der Waals surface area contributed by atoms with E-state index in [1.807, 2.05) is 6.07 Å². The van der Waals surface area contributed by atoms with Crippen molar-refractivity contribution in [3.05, 3.63) is 75.7 Å². The molecule has 2 heterocycles. The van der Waals surface area contributed by atoms with Gasteiger partial charge in [-0.05, 0) is 17.7 Å². The highest BCUT2D eigenvalue weighted by molar-refractivity contribution is 7.16. The number of rotatable bonds is 5. The second-order valence-corrected chi connectivity index (χ2v) is 8.15. The van der Waals surface area contributed by atoms with Crippen LogP contribution in [0.15, 0.2) is 53.5 Å². The van der Waals surface area contributed by atoms with E-state index in [1.165, 1.54) is 15.3 Å². The lowest BCUT2D eigenvalue weighted by Crippen LogP contribution is -3.10. The lowest BCUT2D eigenvalue weighted by atomic mass is 10.0. The van der Waals surface area contributed by atoms with Crippen LogP contribution < -0.4 is 9.64 Å². The molecule has 0 amide bonds. The minimum atomic E-state index is 0.103. The Balaban J connectivity index is 1.55. The quantitative estimate of drug-likeness (QED) is 0.642. The zero-order chi connectivity index (χ0) is 20.2. The molecule has 4 rings (SSSR count). The SMILES string of the molecule is COc1ccc(/C=N/c2sc3c(c2C#N)CC[NH+](Cc2ccccc2)C3)c(O)c1. The molecule has 1 atom stereocenters. The van der Waals surface area contributed by atoms with Crippen LogP contribution in [-0.4, -0.2) is 25.0 Å². The van der Waals surface area contributed by atoms with Crippen molar-refractivity contribution in [2.45, 2.75) is 19.5 Å². The van der Waals surface area contributed by atoms with E-state index in [0.29, 0.717) is 21.9 Å². The average molecular weight is 405 g/mol. The first-order chi connectivity index (χ1) is 14.2. The standard InChI is InChI=1S/C23H21N3O2S/c1-28-18-8-7-17(21(27)11-18)13-25-23-20(12-24)19-9-10-26(15-22(19)29-23)14-16-5-3-2-4-6-16/h2-8,11,13,27H,9-10,14-15H2,1H3/p+1/b25-13+. The summed E-state index contributed by atoms with van der Waals surface area (Å²) in [6.45, 7) is 2.90. The second-order valence-electron chi connectivity index (χ2n) is 7.07. The topological polar surface area (TPSA) is 70.0 Å². The number of nitrogens with zero attached hydrogens (tertiary/aromatic N) is 2.